The third-order valence-corrected chi connectivity index (χ3v) is 3.00. The zero-order chi connectivity index (χ0) is 11.8. The molecule has 5 nitrogen and oxygen atoms in total. The maximum Gasteiger partial charge on any atom is 0.339 e. The molecule has 0 aliphatic rings. The van der Waals surface area contributed by atoms with Gasteiger partial charge in [-0.2, -0.15) is 0 Å². The monoisotopic (exact) mass is 250 g/mol. The van der Waals surface area contributed by atoms with Crippen molar-refractivity contribution in [3.63, 3.8) is 0 Å². The van der Waals surface area contributed by atoms with Crippen LogP contribution >= 0.6 is 11.6 Å². The van der Waals surface area contributed by atoms with Gasteiger partial charge in [-0.25, -0.2) is 13.2 Å². The van der Waals surface area contributed by atoms with Crippen molar-refractivity contribution in [1.29, 1.82) is 0 Å². The molecular weight excluding hydrogens is 244 g/mol. The number of carbonyl (C=O) groups is 1. The minimum absolute atomic E-state index is 0.0642. The lowest BCUT2D eigenvalue weighted by molar-refractivity contribution is 0.0693. The second-order valence-corrected chi connectivity index (χ2v) is 5.30. The standard InChI is InChI=1S/C8H7ClO5S/c1-15(13,14)6-3-4(9)2-5(7(6)10)8(11)12/h2-3,10H,1H3,(H,11,12). The number of carboxylic acid groups (broad SMARTS) is 1. The van der Waals surface area contributed by atoms with Crippen LogP contribution in [-0.2, 0) is 9.84 Å². The van der Waals surface area contributed by atoms with Crippen LogP contribution in [0.25, 0.3) is 0 Å². The maximum atomic E-state index is 11.2. The van der Waals surface area contributed by atoms with Crippen molar-refractivity contribution in [2.75, 3.05) is 6.26 Å². The first-order chi connectivity index (χ1) is 6.73. The Balaban J connectivity index is 3.63. The lowest BCUT2D eigenvalue weighted by atomic mass is 10.2. The zero-order valence-electron chi connectivity index (χ0n) is 7.56. The van der Waals surface area contributed by atoms with E-state index >= 15 is 0 Å². The molecule has 15 heavy (non-hydrogen) atoms. The first kappa shape index (κ1) is 11.8. The molecular formula is C8H7ClO5S. The van der Waals surface area contributed by atoms with Crippen molar-refractivity contribution >= 4 is 27.4 Å². The summed E-state index contributed by atoms with van der Waals surface area (Å²) in [6.45, 7) is 0. The van der Waals surface area contributed by atoms with E-state index in [-0.39, 0.29) is 5.02 Å². The SMILES string of the molecule is CS(=O)(=O)c1cc(Cl)cc(C(=O)O)c1O. The highest BCUT2D eigenvalue weighted by Crippen LogP contribution is 2.30. The smallest absolute Gasteiger partial charge is 0.339 e. The van der Waals surface area contributed by atoms with E-state index in [0.29, 0.717) is 0 Å². The van der Waals surface area contributed by atoms with Crippen LogP contribution in [0.2, 0.25) is 5.02 Å². The molecule has 82 valence electrons. The van der Waals surface area contributed by atoms with Crippen molar-refractivity contribution in [2.45, 2.75) is 4.90 Å². The van der Waals surface area contributed by atoms with Gasteiger partial charge in [0, 0.05) is 11.3 Å². The summed E-state index contributed by atoms with van der Waals surface area (Å²) in [4.78, 5) is 10.1. The quantitative estimate of drug-likeness (QED) is 0.821. The van der Waals surface area contributed by atoms with Crippen molar-refractivity contribution in [2.24, 2.45) is 0 Å². The summed E-state index contributed by atoms with van der Waals surface area (Å²) in [5, 5.41) is 18.0. The van der Waals surface area contributed by atoms with Crippen molar-refractivity contribution < 1.29 is 23.4 Å². The molecule has 0 aromatic heterocycles. The Bertz CT molecular complexity index is 520. The molecule has 0 spiro atoms. The van der Waals surface area contributed by atoms with Gasteiger partial charge in [0.1, 0.15) is 16.2 Å². The van der Waals surface area contributed by atoms with Crippen LogP contribution in [0.4, 0.5) is 0 Å². The summed E-state index contributed by atoms with van der Waals surface area (Å²) >= 11 is 5.53. The Labute approximate surface area is 90.8 Å². The Morgan fingerprint density at radius 2 is 1.93 bits per heavy atom. The molecule has 1 aromatic rings. The normalized spacial score (nSPS) is 11.3. The number of aromatic carboxylic acids is 1. The molecule has 0 amide bonds. The van der Waals surface area contributed by atoms with Gasteiger partial charge in [0.05, 0.1) is 0 Å². The van der Waals surface area contributed by atoms with E-state index in [2.05, 4.69) is 0 Å². The number of halogens is 1. The fraction of sp³-hybridized carbons (Fsp3) is 0.125. The molecule has 0 unspecified atom stereocenters. The number of sulfone groups is 1. The van der Waals surface area contributed by atoms with Gasteiger partial charge in [0.25, 0.3) is 0 Å². The molecule has 0 fully saturated rings. The highest BCUT2D eigenvalue weighted by atomic mass is 35.5. The van der Waals surface area contributed by atoms with Crippen molar-refractivity contribution in [1.82, 2.24) is 0 Å². The van der Waals surface area contributed by atoms with Crippen LogP contribution in [0, 0.1) is 0 Å². The number of hydrogen-bond acceptors (Lipinski definition) is 4. The summed E-state index contributed by atoms with van der Waals surface area (Å²) in [6.07, 6.45) is 0.851. The highest BCUT2D eigenvalue weighted by molar-refractivity contribution is 7.90. The predicted octanol–water partition coefficient (Wildman–Crippen LogP) is 1.15. The van der Waals surface area contributed by atoms with Crippen LogP contribution in [0.15, 0.2) is 17.0 Å². The number of phenols is 1. The number of rotatable bonds is 2. The lowest BCUT2D eigenvalue weighted by Crippen LogP contribution is -2.03. The highest BCUT2D eigenvalue weighted by Gasteiger charge is 2.20. The average molecular weight is 251 g/mol. The molecule has 0 saturated heterocycles. The van der Waals surface area contributed by atoms with E-state index in [1.54, 1.807) is 0 Å². The van der Waals surface area contributed by atoms with Gasteiger partial charge in [-0.15, -0.1) is 0 Å². The minimum Gasteiger partial charge on any atom is -0.506 e. The van der Waals surface area contributed by atoms with Crippen LogP contribution in [0.5, 0.6) is 5.75 Å². The van der Waals surface area contributed by atoms with Crippen LogP contribution in [0.3, 0.4) is 0 Å². The molecule has 0 aliphatic carbocycles. The van der Waals surface area contributed by atoms with E-state index < -0.39 is 32.0 Å². The van der Waals surface area contributed by atoms with E-state index in [0.717, 1.165) is 18.4 Å². The Morgan fingerprint density at radius 3 is 2.33 bits per heavy atom. The van der Waals surface area contributed by atoms with Crippen molar-refractivity contribution in [3.05, 3.63) is 22.7 Å². The van der Waals surface area contributed by atoms with Gasteiger partial charge in [0.15, 0.2) is 9.84 Å². The maximum absolute atomic E-state index is 11.2. The number of hydrogen-bond donors (Lipinski definition) is 2. The molecule has 0 heterocycles. The van der Waals surface area contributed by atoms with Gasteiger partial charge in [-0.1, -0.05) is 11.6 Å². The van der Waals surface area contributed by atoms with E-state index in [4.69, 9.17) is 16.7 Å². The molecule has 1 aromatic carbocycles. The fourth-order valence-corrected chi connectivity index (χ4v) is 2.11. The Morgan fingerprint density at radius 1 is 1.40 bits per heavy atom. The summed E-state index contributed by atoms with van der Waals surface area (Å²) < 4.78 is 22.3. The van der Waals surface area contributed by atoms with Gasteiger partial charge in [0.2, 0.25) is 0 Å². The number of carboxylic acids is 1. The first-order valence-corrected chi connectivity index (χ1v) is 5.96. The zero-order valence-corrected chi connectivity index (χ0v) is 9.13. The molecule has 7 heteroatoms. The third-order valence-electron chi connectivity index (χ3n) is 1.67. The minimum atomic E-state index is -3.71. The number of aromatic hydroxyl groups is 1. The van der Waals surface area contributed by atoms with Gasteiger partial charge < -0.3 is 10.2 Å². The Hall–Kier alpha value is -1.27. The van der Waals surface area contributed by atoms with Crippen LogP contribution in [-0.4, -0.2) is 30.9 Å². The molecule has 0 aliphatic heterocycles. The molecule has 0 atom stereocenters. The first-order valence-electron chi connectivity index (χ1n) is 3.69. The van der Waals surface area contributed by atoms with Crippen LogP contribution < -0.4 is 0 Å². The Kier molecular flexibility index (Phi) is 2.92. The second-order valence-electron chi connectivity index (χ2n) is 2.88. The van der Waals surface area contributed by atoms with Gasteiger partial charge in [-0.3, -0.25) is 0 Å². The molecule has 0 radical (unpaired) electrons. The van der Waals surface area contributed by atoms with Crippen molar-refractivity contribution in [3.8, 4) is 5.75 Å². The third kappa shape index (κ3) is 2.40. The van der Waals surface area contributed by atoms with E-state index in [9.17, 15) is 18.3 Å². The lowest BCUT2D eigenvalue weighted by Gasteiger charge is -2.06. The second kappa shape index (κ2) is 3.71. The molecule has 1 rings (SSSR count). The van der Waals surface area contributed by atoms with Gasteiger partial charge in [-0.05, 0) is 12.1 Å². The van der Waals surface area contributed by atoms with Crippen LogP contribution in [0.1, 0.15) is 10.4 Å². The van der Waals surface area contributed by atoms with E-state index in [1.807, 2.05) is 0 Å². The topological polar surface area (TPSA) is 91.7 Å². The molecule has 0 saturated carbocycles. The number of benzene rings is 1. The molecule has 0 bridgehead atoms. The predicted molar refractivity (Wildman–Crippen MR) is 53.2 cm³/mol. The summed E-state index contributed by atoms with van der Waals surface area (Å²) in [5.41, 5.74) is -0.539. The summed E-state index contributed by atoms with van der Waals surface area (Å²) in [6, 6.07) is 1.98. The fourth-order valence-electron chi connectivity index (χ4n) is 1.02. The largest absolute Gasteiger partial charge is 0.506 e. The van der Waals surface area contributed by atoms with Gasteiger partial charge >= 0.3 is 5.97 Å². The van der Waals surface area contributed by atoms with E-state index in [1.165, 1.54) is 0 Å². The summed E-state index contributed by atoms with van der Waals surface area (Å²) in [5.74, 6) is -2.24. The average Bonchev–Trinajstić information content (AvgIpc) is 2.06. The summed E-state index contributed by atoms with van der Waals surface area (Å²) in [7, 11) is -3.71. The molecule has 2 N–H and O–H groups in total.